The van der Waals surface area contributed by atoms with E-state index in [4.69, 9.17) is 10.5 Å². The van der Waals surface area contributed by atoms with Crippen molar-refractivity contribution in [2.24, 2.45) is 5.92 Å². The molecule has 2 aromatic heterocycles. The molecule has 3 rings (SSSR count). The number of nitrogens with two attached hydrogens (primary N) is 1. The molecule has 2 heterocycles. The Labute approximate surface area is 159 Å². The first-order chi connectivity index (χ1) is 13.0. The Balaban J connectivity index is 2.06. The van der Waals surface area contributed by atoms with Gasteiger partial charge in [-0.1, -0.05) is 32.9 Å². The molecule has 2 N–H and O–H groups in total. The number of nitrogen functional groups attached to an aromatic ring is 1. The second-order valence-corrected chi connectivity index (χ2v) is 7.13. The number of carbonyl (C=O) groups excluding carboxylic acids is 1. The minimum atomic E-state index is -0.0725. The van der Waals surface area contributed by atoms with Crippen molar-refractivity contribution in [3.8, 4) is 5.75 Å². The zero-order valence-electron chi connectivity index (χ0n) is 16.4. The Morgan fingerprint density at radius 3 is 2.78 bits per heavy atom. The number of ether oxygens (including phenoxy) is 1. The second kappa shape index (κ2) is 7.82. The molecule has 0 aliphatic heterocycles. The SMILES string of the molecule is CCCN(CCC(C)C)C(=O)c1cc2c3cccc(OC)c3nc(N)n2n1. The largest absolute Gasteiger partial charge is 0.494 e. The van der Waals surface area contributed by atoms with Crippen LogP contribution in [0.3, 0.4) is 0 Å². The van der Waals surface area contributed by atoms with Gasteiger partial charge in [0, 0.05) is 18.5 Å². The monoisotopic (exact) mass is 369 g/mol. The van der Waals surface area contributed by atoms with E-state index in [2.05, 4.69) is 30.9 Å². The molecule has 0 aliphatic rings. The molecule has 7 heteroatoms. The molecule has 0 saturated carbocycles. The van der Waals surface area contributed by atoms with Gasteiger partial charge in [0.15, 0.2) is 5.69 Å². The molecule has 0 atom stereocenters. The quantitative estimate of drug-likeness (QED) is 0.690. The van der Waals surface area contributed by atoms with Crippen LogP contribution in [0.2, 0.25) is 0 Å². The molecule has 3 aromatic rings. The van der Waals surface area contributed by atoms with Gasteiger partial charge in [0.1, 0.15) is 11.3 Å². The summed E-state index contributed by atoms with van der Waals surface area (Å²) in [5.74, 6) is 1.33. The van der Waals surface area contributed by atoms with Crippen LogP contribution in [-0.4, -0.2) is 45.6 Å². The number of fused-ring (bicyclic) bond motifs is 3. The molecule has 0 saturated heterocycles. The topological polar surface area (TPSA) is 85.8 Å². The Morgan fingerprint density at radius 2 is 2.11 bits per heavy atom. The van der Waals surface area contributed by atoms with Crippen molar-refractivity contribution < 1.29 is 9.53 Å². The first kappa shape index (κ1) is 18.9. The molecule has 144 valence electrons. The van der Waals surface area contributed by atoms with Crippen molar-refractivity contribution >= 4 is 28.3 Å². The van der Waals surface area contributed by atoms with Crippen LogP contribution < -0.4 is 10.5 Å². The van der Waals surface area contributed by atoms with Gasteiger partial charge >= 0.3 is 0 Å². The highest BCUT2D eigenvalue weighted by molar-refractivity contribution is 6.01. The predicted molar refractivity (Wildman–Crippen MR) is 107 cm³/mol. The smallest absolute Gasteiger partial charge is 0.274 e. The van der Waals surface area contributed by atoms with Crippen LogP contribution in [0.4, 0.5) is 5.95 Å². The molecule has 1 amide bonds. The first-order valence-corrected chi connectivity index (χ1v) is 9.37. The Hall–Kier alpha value is -2.83. The lowest BCUT2D eigenvalue weighted by molar-refractivity contribution is 0.0742. The Kier molecular flexibility index (Phi) is 5.48. The maximum Gasteiger partial charge on any atom is 0.274 e. The number of nitrogens with zero attached hydrogens (tertiary/aromatic N) is 4. The number of amides is 1. The van der Waals surface area contributed by atoms with E-state index in [-0.39, 0.29) is 11.9 Å². The maximum absolute atomic E-state index is 13.1. The van der Waals surface area contributed by atoms with Gasteiger partial charge in [0.05, 0.1) is 12.6 Å². The number of para-hydroxylation sites is 1. The Morgan fingerprint density at radius 1 is 1.33 bits per heavy atom. The average Bonchev–Trinajstić information content (AvgIpc) is 3.10. The van der Waals surface area contributed by atoms with E-state index in [1.807, 2.05) is 23.1 Å². The van der Waals surface area contributed by atoms with Crippen LogP contribution in [-0.2, 0) is 0 Å². The van der Waals surface area contributed by atoms with Gasteiger partial charge in [-0.3, -0.25) is 4.79 Å². The van der Waals surface area contributed by atoms with Crippen LogP contribution in [0.1, 0.15) is 44.1 Å². The van der Waals surface area contributed by atoms with Gasteiger partial charge in [-0.05, 0) is 30.9 Å². The van der Waals surface area contributed by atoms with Gasteiger partial charge < -0.3 is 15.4 Å². The molecule has 7 nitrogen and oxygen atoms in total. The third-order valence-electron chi connectivity index (χ3n) is 4.62. The molecular formula is C20H27N5O2. The van der Waals surface area contributed by atoms with Crippen LogP contribution in [0.25, 0.3) is 16.4 Å². The number of rotatable bonds is 7. The number of methoxy groups -OCH3 is 1. The van der Waals surface area contributed by atoms with Crippen LogP contribution >= 0.6 is 0 Å². The molecule has 0 spiro atoms. The molecule has 27 heavy (non-hydrogen) atoms. The summed E-state index contributed by atoms with van der Waals surface area (Å²) in [6, 6.07) is 7.44. The van der Waals surface area contributed by atoms with Crippen molar-refractivity contribution in [3.05, 3.63) is 30.0 Å². The maximum atomic E-state index is 13.1. The van der Waals surface area contributed by atoms with Crippen molar-refractivity contribution in [1.29, 1.82) is 0 Å². The summed E-state index contributed by atoms with van der Waals surface area (Å²) in [7, 11) is 1.60. The summed E-state index contributed by atoms with van der Waals surface area (Å²) in [4.78, 5) is 19.3. The van der Waals surface area contributed by atoms with Crippen molar-refractivity contribution in [2.75, 3.05) is 25.9 Å². The highest BCUT2D eigenvalue weighted by Gasteiger charge is 2.21. The van der Waals surface area contributed by atoms with E-state index in [1.54, 1.807) is 13.2 Å². The van der Waals surface area contributed by atoms with E-state index in [9.17, 15) is 4.79 Å². The van der Waals surface area contributed by atoms with Crippen molar-refractivity contribution in [3.63, 3.8) is 0 Å². The lowest BCUT2D eigenvalue weighted by atomic mass is 10.1. The fraction of sp³-hybridized carbons (Fsp3) is 0.450. The van der Waals surface area contributed by atoms with Gasteiger partial charge in [-0.2, -0.15) is 9.61 Å². The first-order valence-electron chi connectivity index (χ1n) is 9.37. The number of benzene rings is 1. The molecule has 0 aliphatic carbocycles. The number of hydrogen-bond acceptors (Lipinski definition) is 5. The summed E-state index contributed by atoms with van der Waals surface area (Å²) in [5, 5.41) is 5.29. The molecule has 1 aromatic carbocycles. The van der Waals surface area contributed by atoms with Crippen LogP contribution in [0.5, 0.6) is 5.75 Å². The summed E-state index contributed by atoms with van der Waals surface area (Å²) in [6.07, 6.45) is 1.87. The van der Waals surface area contributed by atoms with E-state index < -0.39 is 0 Å². The number of anilines is 1. The third-order valence-corrected chi connectivity index (χ3v) is 4.62. The highest BCUT2D eigenvalue weighted by Crippen LogP contribution is 2.28. The Bertz CT molecular complexity index is 964. The minimum Gasteiger partial charge on any atom is -0.494 e. The molecule has 0 radical (unpaired) electrons. The second-order valence-electron chi connectivity index (χ2n) is 7.13. The van der Waals surface area contributed by atoms with E-state index in [0.717, 1.165) is 30.3 Å². The zero-order chi connectivity index (χ0) is 19.6. The predicted octanol–water partition coefficient (Wildman–Crippen LogP) is 3.37. The fourth-order valence-electron chi connectivity index (χ4n) is 3.18. The van der Waals surface area contributed by atoms with E-state index in [1.165, 1.54) is 4.52 Å². The lowest BCUT2D eigenvalue weighted by Gasteiger charge is -2.22. The summed E-state index contributed by atoms with van der Waals surface area (Å²) < 4.78 is 6.92. The van der Waals surface area contributed by atoms with Gasteiger partial charge in [-0.15, -0.1) is 0 Å². The normalized spacial score (nSPS) is 11.4. The highest BCUT2D eigenvalue weighted by atomic mass is 16.5. The van der Waals surface area contributed by atoms with E-state index in [0.29, 0.717) is 29.4 Å². The summed E-state index contributed by atoms with van der Waals surface area (Å²) in [5.41, 5.74) is 7.90. The van der Waals surface area contributed by atoms with Crippen LogP contribution in [0.15, 0.2) is 24.3 Å². The fourth-order valence-corrected chi connectivity index (χ4v) is 3.18. The van der Waals surface area contributed by atoms with Crippen molar-refractivity contribution in [2.45, 2.75) is 33.6 Å². The molecule has 0 fully saturated rings. The molecule has 0 unspecified atom stereocenters. The third kappa shape index (κ3) is 3.67. The van der Waals surface area contributed by atoms with Crippen LogP contribution in [0, 0.1) is 5.92 Å². The zero-order valence-corrected chi connectivity index (χ0v) is 16.4. The number of aromatic nitrogens is 3. The molecule has 0 bridgehead atoms. The van der Waals surface area contributed by atoms with Gasteiger partial charge in [0.25, 0.3) is 5.91 Å². The number of hydrogen-bond donors (Lipinski definition) is 1. The van der Waals surface area contributed by atoms with Gasteiger partial charge in [0.2, 0.25) is 5.95 Å². The standard InChI is InChI=1S/C20H27N5O2/c1-5-10-24(11-9-13(2)3)19(26)15-12-16-14-7-6-8-17(27-4)18(14)22-20(21)25(16)23-15/h6-8,12-13H,5,9-11H2,1-4H3,(H2,21,22). The minimum absolute atomic E-state index is 0.0725. The number of carbonyl (C=O) groups is 1. The average molecular weight is 369 g/mol. The summed E-state index contributed by atoms with van der Waals surface area (Å²) in [6.45, 7) is 7.82. The van der Waals surface area contributed by atoms with Crippen molar-refractivity contribution in [1.82, 2.24) is 19.5 Å². The van der Waals surface area contributed by atoms with Gasteiger partial charge in [-0.25, -0.2) is 4.98 Å². The summed E-state index contributed by atoms with van der Waals surface area (Å²) >= 11 is 0. The molecular weight excluding hydrogens is 342 g/mol. The lowest BCUT2D eigenvalue weighted by Crippen LogP contribution is -2.33. The van der Waals surface area contributed by atoms with E-state index >= 15 is 0 Å².